The lowest BCUT2D eigenvalue weighted by molar-refractivity contribution is 0.102. The van der Waals surface area contributed by atoms with Gasteiger partial charge in [0, 0.05) is 16.8 Å². The van der Waals surface area contributed by atoms with Crippen LogP contribution in [0.1, 0.15) is 16.2 Å². The Labute approximate surface area is 155 Å². The van der Waals surface area contributed by atoms with Crippen LogP contribution in [0.4, 0.5) is 13.9 Å². The molecule has 0 unspecified atom stereocenters. The standard InChI is InChI=1S/C17H12F2N4OS2/c1-9-3-2-4-14-20-12(8-23(9)14)15(24)22-17-21-11-6-5-10(25-16(18)19)7-13(11)26-17/h2-8,16H,1H3,(H,21,22,24). The van der Waals surface area contributed by atoms with E-state index < -0.39 is 5.76 Å². The number of alkyl halides is 2. The molecule has 1 aromatic carbocycles. The summed E-state index contributed by atoms with van der Waals surface area (Å²) in [7, 11) is 0. The lowest BCUT2D eigenvalue weighted by Crippen LogP contribution is -2.11. The van der Waals surface area contributed by atoms with E-state index in [2.05, 4.69) is 15.3 Å². The number of anilines is 1. The van der Waals surface area contributed by atoms with Crippen molar-refractivity contribution in [3.63, 3.8) is 0 Å². The number of carbonyl (C=O) groups excluding carboxylic acids is 1. The average molecular weight is 390 g/mol. The molecule has 4 rings (SSSR count). The monoisotopic (exact) mass is 390 g/mol. The van der Waals surface area contributed by atoms with Gasteiger partial charge in [-0.3, -0.25) is 10.1 Å². The predicted molar refractivity (Wildman–Crippen MR) is 99.4 cm³/mol. The van der Waals surface area contributed by atoms with Crippen LogP contribution in [0.15, 0.2) is 47.5 Å². The molecular weight excluding hydrogens is 378 g/mol. The van der Waals surface area contributed by atoms with Crippen molar-refractivity contribution in [3.8, 4) is 0 Å². The number of hydrogen-bond acceptors (Lipinski definition) is 5. The van der Waals surface area contributed by atoms with E-state index in [1.807, 2.05) is 29.5 Å². The van der Waals surface area contributed by atoms with Gasteiger partial charge >= 0.3 is 0 Å². The second-order valence-corrected chi connectivity index (χ2v) is 7.60. The first-order chi connectivity index (χ1) is 12.5. The highest BCUT2D eigenvalue weighted by molar-refractivity contribution is 7.99. The first kappa shape index (κ1) is 16.9. The molecule has 1 amide bonds. The number of aryl methyl sites for hydroxylation is 1. The maximum absolute atomic E-state index is 12.5. The van der Waals surface area contributed by atoms with E-state index >= 15 is 0 Å². The quantitative estimate of drug-likeness (QED) is 0.508. The lowest BCUT2D eigenvalue weighted by Gasteiger charge is -1.98. The molecule has 3 aromatic heterocycles. The number of pyridine rings is 1. The third-order valence-electron chi connectivity index (χ3n) is 3.73. The summed E-state index contributed by atoms with van der Waals surface area (Å²) in [5.41, 5.74) is 2.59. The molecule has 5 nitrogen and oxygen atoms in total. The molecule has 0 bridgehead atoms. The largest absolute Gasteiger partial charge is 0.304 e. The zero-order chi connectivity index (χ0) is 18.3. The molecule has 0 atom stereocenters. The number of thioether (sulfide) groups is 1. The normalized spacial score (nSPS) is 11.5. The number of aromatic nitrogens is 3. The summed E-state index contributed by atoms with van der Waals surface area (Å²) in [6, 6.07) is 10.5. The number of amides is 1. The summed E-state index contributed by atoms with van der Waals surface area (Å²) in [5, 5.41) is 3.13. The first-order valence-corrected chi connectivity index (χ1v) is 9.31. The Morgan fingerprint density at radius 2 is 2.12 bits per heavy atom. The van der Waals surface area contributed by atoms with Crippen molar-refractivity contribution in [2.24, 2.45) is 0 Å². The second-order valence-electron chi connectivity index (χ2n) is 5.50. The number of carbonyl (C=O) groups is 1. The summed E-state index contributed by atoms with van der Waals surface area (Å²) in [4.78, 5) is 21.6. The number of benzene rings is 1. The highest BCUT2D eigenvalue weighted by atomic mass is 32.2. The minimum Gasteiger partial charge on any atom is -0.304 e. The molecule has 0 saturated carbocycles. The number of halogens is 2. The van der Waals surface area contributed by atoms with Crippen LogP contribution in [0.25, 0.3) is 15.9 Å². The highest BCUT2D eigenvalue weighted by Gasteiger charge is 2.15. The van der Waals surface area contributed by atoms with Gasteiger partial charge in [-0.05, 0) is 37.3 Å². The molecule has 4 aromatic rings. The summed E-state index contributed by atoms with van der Waals surface area (Å²) < 4.78 is 27.5. The SMILES string of the molecule is Cc1cccc2nc(C(=O)Nc3nc4ccc(SC(F)F)cc4s3)cn12. The van der Waals surface area contributed by atoms with Crippen molar-refractivity contribution in [1.29, 1.82) is 0 Å². The Morgan fingerprint density at radius 3 is 2.88 bits per heavy atom. The first-order valence-electron chi connectivity index (χ1n) is 7.61. The third-order valence-corrected chi connectivity index (χ3v) is 5.37. The number of fused-ring (bicyclic) bond motifs is 2. The van der Waals surface area contributed by atoms with Crippen LogP contribution in [0, 0.1) is 6.92 Å². The molecular formula is C17H12F2N4OS2. The fraction of sp³-hybridized carbons (Fsp3) is 0.118. The number of rotatable bonds is 4. The average Bonchev–Trinajstić information content (AvgIpc) is 3.18. The summed E-state index contributed by atoms with van der Waals surface area (Å²) >= 11 is 1.72. The van der Waals surface area contributed by atoms with Gasteiger partial charge in [0.1, 0.15) is 11.3 Å². The van der Waals surface area contributed by atoms with Gasteiger partial charge in [0.25, 0.3) is 11.7 Å². The molecule has 132 valence electrons. The molecule has 0 fully saturated rings. The maximum atomic E-state index is 12.5. The van der Waals surface area contributed by atoms with E-state index in [-0.39, 0.29) is 11.6 Å². The van der Waals surface area contributed by atoms with Crippen molar-refractivity contribution in [1.82, 2.24) is 14.4 Å². The number of imidazole rings is 1. The lowest BCUT2D eigenvalue weighted by atomic mass is 10.3. The Kier molecular flexibility index (Phi) is 4.33. The minimum atomic E-state index is -2.47. The fourth-order valence-electron chi connectivity index (χ4n) is 2.55. The van der Waals surface area contributed by atoms with E-state index in [0.717, 1.165) is 10.4 Å². The van der Waals surface area contributed by atoms with Crippen LogP contribution >= 0.6 is 23.1 Å². The van der Waals surface area contributed by atoms with Crippen molar-refractivity contribution < 1.29 is 13.6 Å². The zero-order valence-electron chi connectivity index (χ0n) is 13.4. The molecule has 3 heterocycles. The molecule has 1 N–H and O–H groups in total. The predicted octanol–water partition coefficient (Wildman–Crippen LogP) is 4.82. The summed E-state index contributed by atoms with van der Waals surface area (Å²) in [6.07, 6.45) is 1.67. The molecule has 0 radical (unpaired) electrons. The van der Waals surface area contributed by atoms with Crippen LogP contribution in [0.2, 0.25) is 0 Å². The fourth-order valence-corrected chi connectivity index (χ4v) is 4.07. The van der Waals surface area contributed by atoms with Crippen molar-refractivity contribution in [2.45, 2.75) is 17.6 Å². The van der Waals surface area contributed by atoms with Gasteiger partial charge in [0.05, 0.1) is 10.2 Å². The molecule has 0 spiro atoms. The topological polar surface area (TPSA) is 59.3 Å². The van der Waals surface area contributed by atoms with Crippen LogP contribution in [0.3, 0.4) is 0 Å². The Balaban J connectivity index is 1.59. The number of thiazole rings is 1. The van der Waals surface area contributed by atoms with Gasteiger partial charge < -0.3 is 4.40 Å². The highest BCUT2D eigenvalue weighted by Crippen LogP contribution is 2.32. The van der Waals surface area contributed by atoms with Gasteiger partial charge in [-0.25, -0.2) is 9.97 Å². The number of nitrogens with one attached hydrogen (secondary N) is 1. The Morgan fingerprint density at radius 1 is 1.27 bits per heavy atom. The number of hydrogen-bond donors (Lipinski definition) is 1. The molecule has 26 heavy (non-hydrogen) atoms. The van der Waals surface area contributed by atoms with Gasteiger partial charge in [0.15, 0.2) is 5.13 Å². The number of nitrogens with zero attached hydrogens (tertiary/aromatic N) is 3. The third kappa shape index (κ3) is 3.27. The van der Waals surface area contributed by atoms with Crippen LogP contribution < -0.4 is 5.32 Å². The van der Waals surface area contributed by atoms with E-state index in [1.165, 1.54) is 11.3 Å². The van der Waals surface area contributed by atoms with E-state index in [4.69, 9.17) is 0 Å². The second kappa shape index (κ2) is 6.65. The van der Waals surface area contributed by atoms with Crippen LogP contribution in [0.5, 0.6) is 0 Å². The van der Waals surface area contributed by atoms with Gasteiger partial charge in [-0.15, -0.1) is 0 Å². The van der Waals surface area contributed by atoms with Crippen molar-refractivity contribution >= 4 is 50.0 Å². The summed E-state index contributed by atoms with van der Waals surface area (Å²) in [6.45, 7) is 1.93. The Hall–Kier alpha value is -2.52. The smallest absolute Gasteiger partial charge is 0.288 e. The van der Waals surface area contributed by atoms with Crippen LogP contribution in [-0.2, 0) is 0 Å². The van der Waals surface area contributed by atoms with Gasteiger partial charge in [-0.2, -0.15) is 8.78 Å². The molecule has 0 aliphatic carbocycles. The van der Waals surface area contributed by atoms with E-state index in [9.17, 15) is 13.6 Å². The minimum absolute atomic E-state index is 0.285. The van der Waals surface area contributed by atoms with Crippen LogP contribution in [-0.4, -0.2) is 26.0 Å². The van der Waals surface area contributed by atoms with E-state index in [0.29, 0.717) is 33.0 Å². The maximum Gasteiger partial charge on any atom is 0.288 e. The van der Waals surface area contributed by atoms with Crippen molar-refractivity contribution in [3.05, 3.63) is 54.0 Å². The summed E-state index contributed by atoms with van der Waals surface area (Å²) in [5.74, 6) is -2.84. The van der Waals surface area contributed by atoms with Crippen molar-refractivity contribution in [2.75, 3.05) is 5.32 Å². The van der Waals surface area contributed by atoms with Gasteiger partial charge in [-0.1, -0.05) is 29.2 Å². The Bertz CT molecular complexity index is 1120. The van der Waals surface area contributed by atoms with E-state index in [1.54, 1.807) is 24.4 Å². The molecule has 0 aliphatic heterocycles. The molecule has 0 aliphatic rings. The molecule has 9 heteroatoms. The molecule has 0 saturated heterocycles. The zero-order valence-corrected chi connectivity index (χ0v) is 15.1. The van der Waals surface area contributed by atoms with Gasteiger partial charge in [0.2, 0.25) is 0 Å².